The number of rotatable bonds is 25. The Kier molecular flexibility index (Phi) is 19.8. The van der Waals surface area contributed by atoms with Crippen LogP contribution in [0, 0.1) is 0 Å². The third-order valence-electron chi connectivity index (χ3n) is 8.17. The second-order valence-corrected chi connectivity index (χ2v) is 12.5. The van der Waals surface area contributed by atoms with Crippen LogP contribution in [0.2, 0.25) is 0 Å². The van der Waals surface area contributed by atoms with Gasteiger partial charge in [0.2, 0.25) is 0 Å². The zero-order valence-corrected chi connectivity index (χ0v) is 25.6. The summed E-state index contributed by atoms with van der Waals surface area (Å²) in [4.78, 5) is 16.5. The van der Waals surface area contributed by atoms with E-state index in [1.54, 1.807) is 11.7 Å². The summed E-state index contributed by atoms with van der Waals surface area (Å²) >= 11 is 1.37. The number of carbonyl (C=O) groups excluding carboxylic acids is 1. The number of aliphatic hydroxyl groups excluding tert-OH is 2. The molecular weight excluding hydrogens is 508 g/mol. The number of unbranched alkanes of at least 4 members (excludes halogenated alkanes) is 16. The molecule has 39 heavy (non-hydrogen) atoms. The average Bonchev–Trinajstić information content (AvgIpc) is 3.66. The molecule has 2 heterocycles. The predicted molar refractivity (Wildman–Crippen MR) is 162 cm³/mol. The standard InChI is InChI=1S/C32H58N2O4S/c1-2-3-4-5-6-7-8-11-14-17-20-27(35)29-22-23-30(38-29)28(36)21-18-15-12-9-10-13-16-19-24-34-32(37)31-25-33-26-39-31/h25-30,35-36H,2-24H2,1H3,(H,34,37)/t27-,28-,29-,30-/m1/s1. The highest BCUT2D eigenvalue weighted by molar-refractivity contribution is 7.11. The first kappa shape index (κ1) is 34.2. The quantitative estimate of drug-likeness (QED) is 0.104. The van der Waals surface area contributed by atoms with Crippen LogP contribution < -0.4 is 5.32 Å². The number of aromatic nitrogens is 1. The zero-order valence-electron chi connectivity index (χ0n) is 24.8. The van der Waals surface area contributed by atoms with Crippen LogP contribution in [-0.4, -0.2) is 52.1 Å². The summed E-state index contributed by atoms with van der Waals surface area (Å²) in [7, 11) is 0. The van der Waals surface area contributed by atoms with Gasteiger partial charge in [-0.3, -0.25) is 9.78 Å². The zero-order chi connectivity index (χ0) is 28.0. The molecule has 1 amide bonds. The molecule has 1 aromatic heterocycles. The molecule has 1 aromatic rings. The maximum Gasteiger partial charge on any atom is 0.262 e. The van der Waals surface area contributed by atoms with Crippen LogP contribution in [0.5, 0.6) is 0 Å². The van der Waals surface area contributed by atoms with Crippen molar-refractivity contribution >= 4 is 17.2 Å². The van der Waals surface area contributed by atoms with E-state index in [1.807, 2.05) is 0 Å². The van der Waals surface area contributed by atoms with Gasteiger partial charge in [0.05, 0.1) is 36.1 Å². The molecule has 1 fully saturated rings. The molecule has 1 saturated heterocycles. The summed E-state index contributed by atoms with van der Waals surface area (Å²) < 4.78 is 6.08. The van der Waals surface area contributed by atoms with Gasteiger partial charge in [-0.05, 0) is 32.1 Å². The van der Waals surface area contributed by atoms with Crippen molar-refractivity contribution in [1.82, 2.24) is 10.3 Å². The van der Waals surface area contributed by atoms with E-state index in [1.165, 1.54) is 94.8 Å². The molecule has 0 unspecified atom stereocenters. The fourth-order valence-corrected chi connectivity index (χ4v) is 6.16. The van der Waals surface area contributed by atoms with Gasteiger partial charge >= 0.3 is 0 Å². The molecule has 7 heteroatoms. The van der Waals surface area contributed by atoms with E-state index in [9.17, 15) is 15.0 Å². The number of carbonyl (C=O) groups is 1. The number of aliphatic hydroxyl groups is 2. The van der Waals surface area contributed by atoms with E-state index in [-0.39, 0.29) is 24.2 Å². The Morgan fingerprint density at radius 1 is 0.821 bits per heavy atom. The summed E-state index contributed by atoms with van der Waals surface area (Å²) in [5, 5.41) is 24.1. The molecular formula is C32H58N2O4S. The van der Waals surface area contributed by atoms with Crippen molar-refractivity contribution in [1.29, 1.82) is 0 Å². The second-order valence-electron chi connectivity index (χ2n) is 11.6. The average molecular weight is 567 g/mol. The first-order valence-corrected chi connectivity index (χ1v) is 17.2. The Bertz CT molecular complexity index is 702. The van der Waals surface area contributed by atoms with Crippen LogP contribution in [0.4, 0.5) is 0 Å². The van der Waals surface area contributed by atoms with Crippen LogP contribution in [0.1, 0.15) is 158 Å². The van der Waals surface area contributed by atoms with Gasteiger partial charge in [0.25, 0.3) is 5.91 Å². The lowest BCUT2D eigenvalue weighted by Crippen LogP contribution is -2.31. The summed E-state index contributed by atoms with van der Waals surface area (Å²) in [5.41, 5.74) is 1.68. The maximum absolute atomic E-state index is 11.8. The van der Waals surface area contributed by atoms with Crippen LogP contribution in [0.3, 0.4) is 0 Å². The molecule has 0 aromatic carbocycles. The maximum atomic E-state index is 11.8. The molecule has 2 rings (SSSR count). The molecule has 4 atom stereocenters. The monoisotopic (exact) mass is 566 g/mol. The molecule has 6 nitrogen and oxygen atoms in total. The van der Waals surface area contributed by atoms with E-state index in [0.717, 1.165) is 64.3 Å². The Morgan fingerprint density at radius 3 is 1.74 bits per heavy atom. The normalized spacial score (nSPS) is 18.8. The van der Waals surface area contributed by atoms with E-state index >= 15 is 0 Å². The fraction of sp³-hybridized carbons (Fsp3) is 0.875. The van der Waals surface area contributed by atoms with E-state index in [0.29, 0.717) is 4.88 Å². The Morgan fingerprint density at radius 2 is 1.28 bits per heavy atom. The summed E-state index contributed by atoms with van der Waals surface area (Å²) in [6, 6.07) is 0. The number of hydrogen-bond donors (Lipinski definition) is 3. The van der Waals surface area contributed by atoms with Crippen LogP contribution >= 0.6 is 11.3 Å². The molecule has 0 spiro atoms. The number of nitrogens with one attached hydrogen (secondary N) is 1. The molecule has 0 saturated carbocycles. The number of hydrogen-bond acceptors (Lipinski definition) is 6. The topological polar surface area (TPSA) is 91.7 Å². The van der Waals surface area contributed by atoms with Gasteiger partial charge in [-0.25, -0.2) is 0 Å². The molecule has 1 aliphatic rings. The van der Waals surface area contributed by atoms with E-state index < -0.39 is 6.10 Å². The molecule has 0 bridgehead atoms. The summed E-state index contributed by atoms with van der Waals surface area (Å²) in [5.74, 6) is -0.0151. The number of thiazole rings is 1. The predicted octanol–water partition coefficient (Wildman–Crippen LogP) is 7.96. The molecule has 226 valence electrons. The molecule has 1 aliphatic heterocycles. The first-order valence-electron chi connectivity index (χ1n) is 16.3. The lowest BCUT2D eigenvalue weighted by molar-refractivity contribution is -0.0786. The number of amides is 1. The first-order chi connectivity index (χ1) is 19.1. The van der Waals surface area contributed by atoms with Crippen molar-refractivity contribution in [2.45, 2.75) is 173 Å². The Balaban J connectivity index is 1.36. The van der Waals surface area contributed by atoms with Crippen molar-refractivity contribution in [2.75, 3.05) is 6.54 Å². The smallest absolute Gasteiger partial charge is 0.262 e. The molecule has 0 aliphatic carbocycles. The highest BCUT2D eigenvalue weighted by atomic mass is 32.1. The van der Waals surface area contributed by atoms with Crippen molar-refractivity contribution < 1.29 is 19.7 Å². The van der Waals surface area contributed by atoms with Crippen LogP contribution in [0.15, 0.2) is 11.7 Å². The third kappa shape index (κ3) is 16.1. The largest absolute Gasteiger partial charge is 0.390 e. The second kappa shape index (κ2) is 22.6. The molecule has 0 radical (unpaired) electrons. The third-order valence-corrected chi connectivity index (χ3v) is 8.94. The van der Waals surface area contributed by atoms with E-state index in [2.05, 4.69) is 17.2 Å². The van der Waals surface area contributed by atoms with Gasteiger partial charge in [-0.1, -0.05) is 116 Å². The van der Waals surface area contributed by atoms with Gasteiger partial charge in [-0.15, -0.1) is 11.3 Å². The van der Waals surface area contributed by atoms with Crippen molar-refractivity contribution in [3.8, 4) is 0 Å². The van der Waals surface area contributed by atoms with Gasteiger partial charge in [0, 0.05) is 6.54 Å². The minimum absolute atomic E-state index is 0.0151. The number of nitrogens with zero attached hydrogens (tertiary/aromatic N) is 1. The van der Waals surface area contributed by atoms with Gasteiger partial charge in [0.15, 0.2) is 0 Å². The lowest BCUT2D eigenvalue weighted by Gasteiger charge is -2.22. The number of ether oxygens (including phenoxy) is 1. The minimum atomic E-state index is -0.403. The van der Waals surface area contributed by atoms with Crippen LogP contribution in [0.25, 0.3) is 0 Å². The highest BCUT2D eigenvalue weighted by Gasteiger charge is 2.33. The SMILES string of the molecule is CCCCCCCCCCCC[C@@H](O)[C@H]1CC[C@H]([C@H](O)CCCCCCCCCCNC(=O)c2cncs2)O1. The van der Waals surface area contributed by atoms with Crippen LogP contribution in [-0.2, 0) is 4.74 Å². The summed E-state index contributed by atoms with van der Waals surface area (Å²) in [6.45, 7) is 2.99. The minimum Gasteiger partial charge on any atom is -0.390 e. The summed E-state index contributed by atoms with van der Waals surface area (Å²) in [6.07, 6.45) is 26.3. The van der Waals surface area contributed by atoms with Crippen molar-refractivity contribution in [3.63, 3.8) is 0 Å². The van der Waals surface area contributed by atoms with E-state index in [4.69, 9.17) is 4.74 Å². The van der Waals surface area contributed by atoms with Gasteiger partial charge < -0.3 is 20.3 Å². The Labute approximate surface area is 242 Å². The van der Waals surface area contributed by atoms with Crippen molar-refractivity contribution in [2.24, 2.45) is 0 Å². The van der Waals surface area contributed by atoms with Crippen molar-refractivity contribution in [3.05, 3.63) is 16.6 Å². The molecule has 3 N–H and O–H groups in total. The fourth-order valence-electron chi connectivity index (χ4n) is 5.62. The van der Waals surface area contributed by atoms with Gasteiger partial charge in [-0.2, -0.15) is 0 Å². The van der Waals surface area contributed by atoms with Gasteiger partial charge in [0.1, 0.15) is 4.88 Å². The highest BCUT2D eigenvalue weighted by Crippen LogP contribution is 2.28. The Hall–Kier alpha value is -1.02. The lowest BCUT2D eigenvalue weighted by atomic mass is 10.00.